The number of aliphatic imine (C=N–C) groups is 1. The molecule has 1 fully saturated rings. The Morgan fingerprint density at radius 1 is 1.07 bits per heavy atom. The summed E-state index contributed by atoms with van der Waals surface area (Å²) in [6, 6.07) is 14.3. The van der Waals surface area contributed by atoms with E-state index in [2.05, 4.69) is 50.1 Å². The van der Waals surface area contributed by atoms with Crippen molar-refractivity contribution in [2.45, 2.75) is 38.6 Å². The van der Waals surface area contributed by atoms with Crippen LogP contribution in [0.2, 0.25) is 0 Å². The van der Waals surface area contributed by atoms with Crippen molar-refractivity contribution in [1.82, 2.24) is 25.2 Å². The number of hydrogen-bond acceptors (Lipinski definition) is 5. The molecule has 1 saturated heterocycles. The predicted molar refractivity (Wildman–Crippen MR) is 115 cm³/mol. The lowest BCUT2D eigenvalue weighted by Crippen LogP contribution is -2.36. The van der Waals surface area contributed by atoms with Crippen LogP contribution in [0.1, 0.15) is 29.8 Å². The van der Waals surface area contributed by atoms with E-state index in [1.807, 2.05) is 28.8 Å². The van der Waals surface area contributed by atoms with Gasteiger partial charge in [0.2, 0.25) is 0 Å². The average Bonchev–Trinajstić information content (AvgIpc) is 3.22. The van der Waals surface area contributed by atoms with Crippen molar-refractivity contribution in [2.24, 2.45) is 4.99 Å². The third-order valence-corrected chi connectivity index (χ3v) is 5.16. The van der Waals surface area contributed by atoms with Crippen LogP contribution in [0.5, 0.6) is 0 Å². The Balaban J connectivity index is 1.23. The first-order valence-electron chi connectivity index (χ1n) is 10.3. The highest BCUT2D eigenvalue weighted by atomic mass is 16.5. The molecule has 4 rings (SSSR count). The Morgan fingerprint density at radius 2 is 1.83 bits per heavy atom. The lowest BCUT2D eigenvalue weighted by atomic mass is 10.1. The number of pyridine rings is 1. The van der Waals surface area contributed by atoms with Crippen LogP contribution in [0, 0.1) is 0 Å². The highest BCUT2D eigenvalue weighted by Crippen LogP contribution is 2.14. The third-order valence-electron chi connectivity index (χ3n) is 5.16. The fourth-order valence-electron chi connectivity index (χ4n) is 3.39. The lowest BCUT2D eigenvalue weighted by molar-refractivity contribution is -0.0390. The first-order valence-corrected chi connectivity index (χ1v) is 10.3. The molecule has 0 unspecified atom stereocenters. The summed E-state index contributed by atoms with van der Waals surface area (Å²) in [4.78, 5) is 4.29. The molecule has 30 heavy (non-hydrogen) atoms. The minimum absolute atomic E-state index is 0.317. The summed E-state index contributed by atoms with van der Waals surface area (Å²) in [6.45, 7) is 3.47. The van der Waals surface area contributed by atoms with Gasteiger partial charge in [-0.25, -0.2) is 0 Å². The monoisotopic (exact) mass is 408 g/mol. The number of nitrogens with zero attached hydrogens (tertiary/aromatic N) is 4. The summed E-state index contributed by atoms with van der Waals surface area (Å²) in [6.07, 6.45) is 4.24. The van der Waals surface area contributed by atoms with Gasteiger partial charge in [0.1, 0.15) is 0 Å². The summed E-state index contributed by atoms with van der Waals surface area (Å²) in [7, 11) is 1.76. The Morgan fingerprint density at radius 3 is 2.63 bits per heavy atom. The largest absolute Gasteiger partial charge is 0.381 e. The average molecular weight is 409 g/mol. The molecule has 3 heterocycles. The Labute approximate surface area is 176 Å². The summed E-state index contributed by atoms with van der Waals surface area (Å²) in [5, 5.41) is 15.0. The van der Waals surface area contributed by atoms with Gasteiger partial charge >= 0.3 is 0 Å². The second-order valence-corrected chi connectivity index (χ2v) is 7.26. The van der Waals surface area contributed by atoms with E-state index >= 15 is 0 Å². The van der Waals surface area contributed by atoms with Crippen LogP contribution < -0.4 is 10.6 Å². The molecule has 0 bridgehead atoms. The number of rotatable bonds is 7. The first-order chi connectivity index (χ1) is 14.8. The van der Waals surface area contributed by atoms with E-state index in [0.717, 1.165) is 43.5 Å². The van der Waals surface area contributed by atoms with Crippen LogP contribution in [-0.2, 0) is 29.2 Å². The van der Waals surface area contributed by atoms with Gasteiger partial charge in [-0.05, 0) is 36.1 Å². The molecule has 1 aliphatic heterocycles. The van der Waals surface area contributed by atoms with Gasteiger partial charge in [0, 0.05) is 33.0 Å². The zero-order valence-corrected chi connectivity index (χ0v) is 17.3. The zero-order valence-electron chi connectivity index (χ0n) is 17.3. The molecule has 0 atom stereocenters. The van der Waals surface area contributed by atoms with Gasteiger partial charge in [-0.15, -0.1) is 10.2 Å². The number of nitrogens with one attached hydrogen (secondary N) is 2. The summed E-state index contributed by atoms with van der Waals surface area (Å²) in [5.74, 6) is 1.55. The van der Waals surface area contributed by atoms with Crippen molar-refractivity contribution in [3.63, 3.8) is 0 Å². The van der Waals surface area contributed by atoms with Gasteiger partial charge in [0.05, 0.1) is 19.3 Å². The normalized spacial score (nSPS) is 15.4. The maximum absolute atomic E-state index is 5.98. The molecule has 8 nitrogen and oxygen atoms in total. The standard InChI is InChI=1S/C22H28N6O2/c1-23-22(25-15-21-27-26-20-4-2-3-11-28(20)21)24-14-17-5-7-18(8-6-17)16-30-19-9-12-29-13-10-19/h2-8,11,19H,9-10,12-16H2,1H3,(H2,23,24,25). The van der Waals surface area contributed by atoms with Gasteiger partial charge in [-0.3, -0.25) is 9.39 Å². The highest BCUT2D eigenvalue weighted by molar-refractivity contribution is 5.79. The summed E-state index contributed by atoms with van der Waals surface area (Å²) < 4.78 is 13.3. The molecule has 0 radical (unpaired) electrons. The van der Waals surface area contributed by atoms with Crippen molar-refractivity contribution in [2.75, 3.05) is 20.3 Å². The number of ether oxygens (including phenoxy) is 2. The van der Waals surface area contributed by atoms with E-state index in [1.165, 1.54) is 11.1 Å². The molecule has 0 spiro atoms. The number of benzene rings is 1. The second-order valence-electron chi connectivity index (χ2n) is 7.26. The maximum Gasteiger partial charge on any atom is 0.191 e. The first kappa shape index (κ1) is 20.3. The highest BCUT2D eigenvalue weighted by Gasteiger charge is 2.14. The van der Waals surface area contributed by atoms with Crippen LogP contribution in [0.15, 0.2) is 53.7 Å². The molecule has 0 aliphatic carbocycles. The molecule has 8 heteroatoms. The topological polar surface area (TPSA) is 85.1 Å². The van der Waals surface area contributed by atoms with Crippen molar-refractivity contribution in [3.8, 4) is 0 Å². The molecule has 2 aromatic heterocycles. The van der Waals surface area contributed by atoms with Crippen molar-refractivity contribution >= 4 is 11.6 Å². The van der Waals surface area contributed by atoms with Gasteiger partial charge in [0.15, 0.2) is 17.4 Å². The number of aromatic nitrogens is 3. The van der Waals surface area contributed by atoms with E-state index in [1.54, 1.807) is 7.05 Å². The number of guanidine groups is 1. The molecule has 158 valence electrons. The van der Waals surface area contributed by atoms with Gasteiger partial charge in [-0.2, -0.15) is 0 Å². The van der Waals surface area contributed by atoms with E-state index in [4.69, 9.17) is 9.47 Å². The van der Waals surface area contributed by atoms with Crippen molar-refractivity contribution in [1.29, 1.82) is 0 Å². The smallest absolute Gasteiger partial charge is 0.191 e. The van der Waals surface area contributed by atoms with E-state index < -0.39 is 0 Å². The summed E-state index contributed by atoms with van der Waals surface area (Å²) in [5.41, 5.74) is 3.20. The maximum atomic E-state index is 5.98. The van der Waals surface area contributed by atoms with Gasteiger partial charge < -0.3 is 20.1 Å². The minimum atomic E-state index is 0.317. The van der Waals surface area contributed by atoms with E-state index in [0.29, 0.717) is 25.8 Å². The Kier molecular flexibility index (Phi) is 6.89. The Hall–Kier alpha value is -2.97. The van der Waals surface area contributed by atoms with Crippen LogP contribution in [-0.4, -0.2) is 46.9 Å². The number of hydrogen-bond donors (Lipinski definition) is 2. The fourth-order valence-corrected chi connectivity index (χ4v) is 3.39. The Bertz CT molecular complexity index is 963. The van der Waals surface area contributed by atoms with Crippen LogP contribution in [0.25, 0.3) is 5.65 Å². The molecule has 3 aromatic rings. The second kappa shape index (κ2) is 10.2. The van der Waals surface area contributed by atoms with E-state index in [-0.39, 0.29) is 0 Å². The molecule has 2 N–H and O–H groups in total. The molecule has 0 amide bonds. The SMILES string of the molecule is CN=C(NCc1ccc(COC2CCOCC2)cc1)NCc1nnc2ccccn12. The van der Waals surface area contributed by atoms with Crippen LogP contribution in [0.3, 0.4) is 0 Å². The fraction of sp³-hybridized carbons (Fsp3) is 0.409. The minimum Gasteiger partial charge on any atom is -0.381 e. The molecular formula is C22H28N6O2. The van der Waals surface area contributed by atoms with Crippen molar-refractivity contribution < 1.29 is 9.47 Å². The van der Waals surface area contributed by atoms with Gasteiger partial charge in [-0.1, -0.05) is 30.3 Å². The van der Waals surface area contributed by atoms with E-state index in [9.17, 15) is 0 Å². The van der Waals surface area contributed by atoms with Crippen molar-refractivity contribution in [3.05, 3.63) is 65.6 Å². The molecule has 1 aliphatic rings. The lowest BCUT2D eigenvalue weighted by Gasteiger charge is -2.22. The predicted octanol–water partition coefficient (Wildman–Crippen LogP) is 2.29. The molecular weight excluding hydrogens is 380 g/mol. The summed E-state index contributed by atoms with van der Waals surface area (Å²) >= 11 is 0. The molecule has 1 aromatic carbocycles. The number of fused-ring (bicyclic) bond motifs is 1. The third kappa shape index (κ3) is 5.34. The molecule has 0 saturated carbocycles. The van der Waals surface area contributed by atoms with Gasteiger partial charge in [0.25, 0.3) is 0 Å². The zero-order chi connectivity index (χ0) is 20.6. The van der Waals surface area contributed by atoms with Crippen LogP contribution in [0.4, 0.5) is 0 Å². The van der Waals surface area contributed by atoms with Crippen LogP contribution >= 0.6 is 0 Å². The quantitative estimate of drug-likeness (QED) is 0.461.